The number of unbranched alkanes of at least 4 members (excludes halogenated alkanes) is 1. The van der Waals surface area contributed by atoms with Gasteiger partial charge >= 0.3 is 11.9 Å². The molecular formula is C40H48N2O6S2. The first kappa shape index (κ1) is 36.0. The number of thiophene rings is 2. The number of dihydropyridines is 2. The molecule has 2 atom stereocenters. The molecule has 50 heavy (non-hydrogen) atoms. The quantitative estimate of drug-likeness (QED) is 0.198. The number of nitrogens with one attached hydrogen (secondary N) is 2. The maximum atomic E-state index is 13.7. The molecule has 266 valence electrons. The van der Waals surface area contributed by atoms with Gasteiger partial charge in [0.2, 0.25) is 0 Å². The van der Waals surface area contributed by atoms with Crippen molar-refractivity contribution in [3.05, 3.63) is 88.9 Å². The lowest BCUT2D eigenvalue weighted by molar-refractivity contribution is -0.142. The third-order valence-corrected chi connectivity index (χ3v) is 12.1. The normalized spacial score (nSPS) is 23.0. The van der Waals surface area contributed by atoms with Crippen LogP contribution in [0.1, 0.15) is 111 Å². The predicted octanol–water partition coefficient (Wildman–Crippen LogP) is 8.20. The second-order valence-corrected chi connectivity index (χ2v) is 18.4. The second-order valence-electron chi connectivity index (χ2n) is 15.7. The summed E-state index contributed by atoms with van der Waals surface area (Å²) in [6.07, 6.45) is 3.33. The molecule has 0 fully saturated rings. The van der Waals surface area contributed by atoms with E-state index < -0.39 is 23.8 Å². The highest BCUT2D eigenvalue weighted by atomic mass is 32.1. The number of ketones is 2. The number of carbonyl (C=O) groups is 4. The summed E-state index contributed by atoms with van der Waals surface area (Å²) in [6.45, 7) is 16.5. The van der Waals surface area contributed by atoms with E-state index in [0.29, 0.717) is 59.4 Å². The fraction of sp³-hybridized carbons (Fsp3) is 0.500. The van der Waals surface area contributed by atoms with Gasteiger partial charge in [0.15, 0.2) is 11.6 Å². The van der Waals surface area contributed by atoms with Gasteiger partial charge in [-0.1, -0.05) is 27.7 Å². The third-order valence-electron chi connectivity index (χ3n) is 10.0. The number of aryl methyl sites for hydroxylation is 2. The van der Waals surface area contributed by atoms with E-state index in [1.165, 1.54) is 0 Å². The summed E-state index contributed by atoms with van der Waals surface area (Å²) < 4.78 is 11.6. The fourth-order valence-corrected chi connectivity index (χ4v) is 9.88. The predicted molar refractivity (Wildman–Crippen MR) is 197 cm³/mol. The Bertz CT molecular complexity index is 1760. The summed E-state index contributed by atoms with van der Waals surface area (Å²) in [6, 6.07) is 8.06. The van der Waals surface area contributed by atoms with Gasteiger partial charge in [0.1, 0.15) is 0 Å². The molecule has 8 nitrogen and oxygen atoms in total. The number of ether oxygens (including phenoxy) is 2. The molecule has 0 unspecified atom stereocenters. The molecule has 0 radical (unpaired) electrons. The van der Waals surface area contributed by atoms with Crippen molar-refractivity contribution in [3.8, 4) is 0 Å². The molecule has 2 aromatic heterocycles. The van der Waals surface area contributed by atoms with Crippen LogP contribution in [0, 0.1) is 24.7 Å². The van der Waals surface area contributed by atoms with Crippen LogP contribution < -0.4 is 10.6 Å². The summed E-state index contributed by atoms with van der Waals surface area (Å²) in [5, 5.41) is 6.78. The molecule has 6 rings (SSSR count). The van der Waals surface area contributed by atoms with Crippen LogP contribution in [0.2, 0.25) is 0 Å². The number of hydrogen-bond donors (Lipinski definition) is 2. The monoisotopic (exact) mass is 716 g/mol. The van der Waals surface area contributed by atoms with Crippen molar-refractivity contribution in [2.24, 2.45) is 10.8 Å². The number of rotatable bonds is 9. The van der Waals surface area contributed by atoms with Gasteiger partial charge in [-0.3, -0.25) is 9.59 Å². The molecular weight excluding hydrogens is 669 g/mol. The van der Waals surface area contributed by atoms with Crippen molar-refractivity contribution in [3.63, 3.8) is 0 Å². The largest absolute Gasteiger partial charge is 0.462 e. The van der Waals surface area contributed by atoms with Crippen molar-refractivity contribution in [2.45, 2.75) is 106 Å². The average Bonchev–Trinajstić information content (AvgIpc) is 3.63. The van der Waals surface area contributed by atoms with Gasteiger partial charge in [-0.25, -0.2) is 9.59 Å². The molecule has 0 amide bonds. The Kier molecular flexibility index (Phi) is 9.91. The summed E-state index contributed by atoms with van der Waals surface area (Å²) >= 11 is 3.19. The summed E-state index contributed by atoms with van der Waals surface area (Å²) in [4.78, 5) is 58.5. The maximum Gasteiger partial charge on any atom is 0.336 e. The van der Waals surface area contributed by atoms with Crippen molar-refractivity contribution < 1.29 is 28.7 Å². The van der Waals surface area contributed by atoms with Crippen LogP contribution in [0.5, 0.6) is 0 Å². The van der Waals surface area contributed by atoms with Crippen molar-refractivity contribution in [1.82, 2.24) is 10.6 Å². The Morgan fingerprint density at radius 1 is 0.660 bits per heavy atom. The smallest absolute Gasteiger partial charge is 0.336 e. The minimum atomic E-state index is -0.458. The summed E-state index contributed by atoms with van der Waals surface area (Å²) in [7, 11) is 0. The van der Waals surface area contributed by atoms with E-state index in [2.05, 4.69) is 38.3 Å². The van der Waals surface area contributed by atoms with Crippen molar-refractivity contribution >= 4 is 46.2 Å². The lowest BCUT2D eigenvalue weighted by Gasteiger charge is -2.39. The van der Waals surface area contributed by atoms with Gasteiger partial charge in [0.25, 0.3) is 0 Å². The minimum Gasteiger partial charge on any atom is -0.462 e. The molecule has 0 saturated heterocycles. The number of hydrogen-bond acceptors (Lipinski definition) is 10. The lowest BCUT2D eigenvalue weighted by Crippen LogP contribution is -2.38. The highest BCUT2D eigenvalue weighted by Gasteiger charge is 2.45. The van der Waals surface area contributed by atoms with E-state index in [0.717, 1.165) is 43.7 Å². The SMILES string of the molecule is CC1=C(C(=O)OCCCCOC(=O)C2=C(C)NC3=C(C(=O)CC(C)(C)C3)[C@H]2c2ccc(C)s2)[C@H](c2ccc(C)s2)C2=C(CC(C)(C)CC2=O)N1. The molecule has 0 saturated carbocycles. The van der Waals surface area contributed by atoms with Crippen LogP contribution >= 0.6 is 22.7 Å². The molecule has 0 aromatic carbocycles. The molecule has 2 N–H and O–H groups in total. The molecule has 2 aliphatic carbocycles. The van der Waals surface area contributed by atoms with Gasteiger partial charge in [0.05, 0.1) is 36.2 Å². The van der Waals surface area contributed by atoms with Gasteiger partial charge in [-0.05, 0) is 88.5 Å². The first-order valence-electron chi connectivity index (χ1n) is 17.5. The minimum absolute atomic E-state index is 0.0681. The van der Waals surface area contributed by atoms with E-state index >= 15 is 0 Å². The molecule has 4 aliphatic rings. The van der Waals surface area contributed by atoms with Gasteiger partial charge in [0, 0.05) is 66.3 Å². The van der Waals surface area contributed by atoms with Gasteiger partial charge in [-0.2, -0.15) is 0 Å². The molecule has 2 aromatic rings. The number of esters is 2. The highest BCUT2D eigenvalue weighted by Crippen LogP contribution is 2.49. The Morgan fingerprint density at radius 2 is 1.04 bits per heavy atom. The first-order valence-corrected chi connectivity index (χ1v) is 19.1. The Morgan fingerprint density at radius 3 is 1.38 bits per heavy atom. The lowest BCUT2D eigenvalue weighted by atomic mass is 9.70. The molecule has 4 heterocycles. The van der Waals surface area contributed by atoms with Gasteiger partial charge in [-0.15, -0.1) is 22.7 Å². The van der Waals surface area contributed by atoms with Crippen LogP contribution in [-0.4, -0.2) is 36.7 Å². The number of Topliss-reactive ketones (excluding diaryl/α,β-unsaturated/α-hetero) is 2. The zero-order valence-electron chi connectivity index (χ0n) is 30.4. The fourth-order valence-electron chi connectivity index (χ4n) is 7.89. The van der Waals surface area contributed by atoms with E-state index in [4.69, 9.17) is 9.47 Å². The zero-order chi connectivity index (χ0) is 36.1. The summed E-state index contributed by atoms with van der Waals surface area (Å²) in [5.41, 5.74) is 5.21. The second kappa shape index (κ2) is 13.8. The van der Waals surface area contributed by atoms with Crippen LogP contribution in [0.3, 0.4) is 0 Å². The van der Waals surface area contributed by atoms with Crippen LogP contribution in [0.15, 0.2) is 69.3 Å². The van der Waals surface area contributed by atoms with E-state index in [9.17, 15) is 19.2 Å². The maximum absolute atomic E-state index is 13.7. The van der Waals surface area contributed by atoms with Crippen LogP contribution in [0.4, 0.5) is 0 Å². The standard InChI is InChI=1S/C40H48N2O6S2/c1-21-11-13-29(49-21)35-31(23(3)41-25-17-39(5,6)19-27(43)33(25)35)37(45)47-15-9-10-16-48-38(46)32-24(4)42-26-18-40(7,8)20-28(44)34(26)36(32)30-14-12-22(2)50-30/h11-14,35-36,41-42H,9-10,15-20H2,1-8H3/t35-,36-/m0/s1. The average molecular weight is 717 g/mol. The third kappa shape index (κ3) is 7.19. The van der Waals surface area contributed by atoms with Crippen molar-refractivity contribution in [2.75, 3.05) is 13.2 Å². The van der Waals surface area contributed by atoms with Crippen LogP contribution in [0.25, 0.3) is 0 Å². The summed E-state index contributed by atoms with van der Waals surface area (Å²) in [5.74, 6) is -1.67. The van der Waals surface area contributed by atoms with Gasteiger partial charge < -0.3 is 20.1 Å². The molecule has 0 bridgehead atoms. The molecule has 0 spiro atoms. The van der Waals surface area contributed by atoms with Crippen LogP contribution in [-0.2, 0) is 28.7 Å². The Balaban J connectivity index is 1.09. The topological polar surface area (TPSA) is 111 Å². The Labute approximate surface area is 303 Å². The molecule has 10 heteroatoms. The van der Waals surface area contributed by atoms with E-state index in [1.54, 1.807) is 22.7 Å². The molecule has 2 aliphatic heterocycles. The van der Waals surface area contributed by atoms with E-state index in [1.807, 2.05) is 52.0 Å². The number of carbonyl (C=O) groups excluding carboxylic acids is 4. The first-order chi connectivity index (χ1) is 23.5. The van der Waals surface area contributed by atoms with E-state index in [-0.39, 0.29) is 35.6 Å². The zero-order valence-corrected chi connectivity index (χ0v) is 32.0. The van der Waals surface area contributed by atoms with Crippen molar-refractivity contribution in [1.29, 1.82) is 0 Å². The Hall–Kier alpha value is -3.76. The number of allylic oxidation sites excluding steroid dienone is 6. The highest BCUT2D eigenvalue weighted by molar-refractivity contribution is 7.12.